The van der Waals surface area contributed by atoms with E-state index >= 15 is 0 Å². The second-order valence-electron chi connectivity index (χ2n) is 5.51. The Bertz CT molecular complexity index is 384. The van der Waals surface area contributed by atoms with Crippen LogP contribution in [0, 0.1) is 0 Å². The van der Waals surface area contributed by atoms with E-state index in [0.29, 0.717) is 13.0 Å². The summed E-state index contributed by atoms with van der Waals surface area (Å²) in [4.78, 5) is 31.1. The van der Waals surface area contributed by atoms with Crippen LogP contribution in [0.5, 0.6) is 0 Å². The molecule has 1 saturated heterocycles. The zero-order valence-corrected chi connectivity index (χ0v) is 12.2. The first kappa shape index (κ1) is 19.1. The number of piperidine rings is 1. The highest BCUT2D eigenvalue weighted by Crippen LogP contribution is 2.16. The highest BCUT2D eigenvalue weighted by Gasteiger charge is 2.31. The lowest BCUT2D eigenvalue weighted by atomic mass is 10.0. The van der Waals surface area contributed by atoms with E-state index < -0.39 is 35.8 Å². The van der Waals surface area contributed by atoms with Gasteiger partial charge in [-0.2, -0.15) is 0 Å². The fourth-order valence-electron chi connectivity index (χ4n) is 1.42. The molecule has 0 aliphatic carbocycles. The number of alkyl halides is 1. The van der Waals surface area contributed by atoms with Gasteiger partial charge in [0.25, 0.3) is 0 Å². The van der Waals surface area contributed by atoms with Crippen molar-refractivity contribution in [3.63, 3.8) is 0 Å². The Morgan fingerprint density at radius 1 is 1.24 bits per heavy atom. The minimum atomic E-state index is -1.82. The number of nitrogens with zero attached hydrogens (tertiary/aromatic N) is 1. The monoisotopic (exact) mass is 308 g/mol. The summed E-state index contributed by atoms with van der Waals surface area (Å²) in [6, 6.07) is -0.455. The number of carbonyl (C=O) groups excluding carboxylic acids is 1. The minimum Gasteiger partial charge on any atom is -0.473 e. The molecule has 0 bridgehead atoms. The summed E-state index contributed by atoms with van der Waals surface area (Å²) in [5.74, 6) is -3.65. The maximum absolute atomic E-state index is 13.2. The maximum Gasteiger partial charge on any atom is 0.414 e. The van der Waals surface area contributed by atoms with Crippen molar-refractivity contribution < 1.29 is 33.7 Å². The number of ether oxygens (including phenoxy) is 1. The SMILES string of the molecule is CC(C)(C)OC(=O)N1CCC(N)C(F)C1.O=C(O)C(=O)O. The van der Waals surface area contributed by atoms with Gasteiger partial charge >= 0.3 is 18.0 Å². The number of hydrogen-bond donors (Lipinski definition) is 3. The van der Waals surface area contributed by atoms with Gasteiger partial charge in [0.05, 0.1) is 6.54 Å². The van der Waals surface area contributed by atoms with Gasteiger partial charge in [-0.3, -0.25) is 0 Å². The van der Waals surface area contributed by atoms with E-state index in [2.05, 4.69) is 0 Å². The number of carboxylic acids is 2. The number of aliphatic carboxylic acids is 2. The molecule has 1 heterocycles. The van der Waals surface area contributed by atoms with Crippen LogP contribution in [0.1, 0.15) is 27.2 Å². The predicted molar refractivity (Wildman–Crippen MR) is 70.6 cm³/mol. The minimum absolute atomic E-state index is 0.0378. The van der Waals surface area contributed by atoms with E-state index in [4.69, 9.17) is 30.3 Å². The van der Waals surface area contributed by atoms with Crippen LogP contribution in [-0.4, -0.2) is 64.0 Å². The predicted octanol–water partition coefficient (Wildman–Crippen LogP) is 0.448. The molecule has 1 rings (SSSR count). The number of amides is 1. The third-order valence-corrected chi connectivity index (χ3v) is 2.43. The summed E-state index contributed by atoms with van der Waals surface area (Å²) in [6.07, 6.45) is -1.12. The third-order valence-electron chi connectivity index (χ3n) is 2.43. The van der Waals surface area contributed by atoms with Crippen molar-refractivity contribution in [2.24, 2.45) is 5.73 Å². The van der Waals surface area contributed by atoms with E-state index in [1.807, 2.05) is 0 Å². The molecule has 2 unspecified atom stereocenters. The zero-order chi connectivity index (χ0) is 16.8. The van der Waals surface area contributed by atoms with Crippen molar-refractivity contribution in [1.82, 2.24) is 4.90 Å². The second kappa shape index (κ2) is 7.77. The van der Waals surface area contributed by atoms with Gasteiger partial charge in [-0.25, -0.2) is 18.8 Å². The molecule has 8 nitrogen and oxygen atoms in total. The molecule has 2 atom stereocenters. The van der Waals surface area contributed by atoms with Crippen LogP contribution < -0.4 is 5.73 Å². The Kier molecular flexibility index (Phi) is 7.07. The first-order valence-electron chi connectivity index (χ1n) is 6.28. The molecule has 0 aromatic carbocycles. The zero-order valence-electron chi connectivity index (χ0n) is 12.2. The van der Waals surface area contributed by atoms with E-state index in [1.54, 1.807) is 20.8 Å². The fourth-order valence-corrected chi connectivity index (χ4v) is 1.42. The van der Waals surface area contributed by atoms with Crippen molar-refractivity contribution in [3.05, 3.63) is 0 Å². The molecule has 0 aromatic rings. The van der Waals surface area contributed by atoms with Gasteiger partial charge in [0.15, 0.2) is 0 Å². The van der Waals surface area contributed by atoms with Crippen LogP contribution in [0.15, 0.2) is 0 Å². The first-order valence-corrected chi connectivity index (χ1v) is 6.28. The number of halogens is 1. The van der Waals surface area contributed by atoms with Gasteiger partial charge in [0.2, 0.25) is 0 Å². The first-order chi connectivity index (χ1) is 9.44. The lowest BCUT2D eigenvalue weighted by Crippen LogP contribution is -2.51. The molecule has 1 aliphatic heterocycles. The average molecular weight is 308 g/mol. The highest BCUT2D eigenvalue weighted by atomic mass is 19.1. The van der Waals surface area contributed by atoms with E-state index in [1.165, 1.54) is 4.90 Å². The number of likely N-dealkylation sites (tertiary alicyclic amines) is 1. The van der Waals surface area contributed by atoms with Gasteiger partial charge in [-0.1, -0.05) is 0 Å². The van der Waals surface area contributed by atoms with E-state index in [9.17, 15) is 9.18 Å². The molecule has 9 heteroatoms. The van der Waals surface area contributed by atoms with Crippen LogP contribution in [-0.2, 0) is 14.3 Å². The number of carbonyl (C=O) groups is 3. The summed E-state index contributed by atoms with van der Waals surface area (Å²) in [7, 11) is 0. The molecular weight excluding hydrogens is 287 g/mol. The van der Waals surface area contributed by atoms with Crippen molar-refractivity contribution >= 4 is 18.0 Å². The van der Waals surface area contributed by atoms with Crippen LogP contribution in [0.4, 0.5) is 9.18 Å². The smallest absolute Gasteiger partial charge is 0.414 e. The topological polar surface area (TPSA) is 130 Å². The number of nitrogens with two attached hydrogens (primary N) is 1. The van der Waals surface area contributed by atoms with Crippen LogP contribution >= 0.6 is 0 Å². The van der Waals surface area contributed by atoms with Gasteiger partial charge in [0.1, 0.15) is 11.8 Å². The van der Waals surface area contributed by atoms with Crippen molar-refractivity contribution in [2.75, 3.05) is 13.1 Å². The molecule has 21 heavy (non-hydrogen) atoms. The number of hydrogen-bond acceptors (Lipinski definition) is 5. The highest BCUT2D eigenvalue weighted by molar-refractivity contribution is 6.27. The second-order valence-corrected chi connectivity index (χ2v) is 5.51. The molecular formula is C12H21FN2O6. The Labute approximate surface area is 121 Å². The molecule has 1 amide bonds. The van der Waals surface area contributed by atoms with Crippen LogP contribution in [0.2, 0.25) is 0 Å². The quantitative estimate of drug-likeness (QED) is 0.554. The lowest BCUT2D eigenvalue weighted by molar-refractivity contribution is -0.159. The number of carboxylic acid groups (broad SMARTS) is 2. The summed E-state index contributed by atoms with van der Waals surface area (Å²) >= 11 is 0. The average Bonchev–Trinajstić information content (AvgIpc) is 2.31. The Morgan fingerprint density at radius 2 is 1.71 bits per heavy atom. The van der Waals surface area contributed by atoms with Crippen molar-refractivity contribution in [2.45, 2.75) is 45.0 Å². The Morgan fingerprint density at radius 3 is 2.05 bits per heavy atom. The van der Waals surface area contributed by atoms with Gasteiger partial charge in [-0.05, 0) is 27.2 Å². The van der Waals surface area contributed by atoms with Crippen LogP contribution in [0.3, 0.4) is 0 Å². The van der Waals surface area contributed by atoms with E-state index in [0.717, 1.165) is 0 Å². The normalized spacial score (nSPS) is 21.9. The van der Waals surface area contributed by atoms with Crippen molar-refractivity contribution in [1.29, 1.82) is 0 Å². The summed E-state index contributed by atoms with van der Waals surface area (Å²) in [5, 5.41) is 14.8. The maximum atomic E-state index is 13.2. The van der Waals surface area contributed by atoms with Crippen LogP contribution in [0.25, 0.3) is 0 Å². The van der Waals surface area contributed by atoms with Gasteiger partial charge < -0.3 is 25.6 Å². The summed E-state index contributed by atoms with van der Waals surface area (Å²) < 4.78 is 18.4. The molecule has 1 fully saturated rings. The summed E-state index contributed by atoms with van der Waals surface area (Å²) in [5.41, 5.74) is 4.97. The molecule has 1 aliphatic rings. The summed E-state index contributed by atoms with van der Waals surface area (Å²) in [6.45, 7) is 5.86. The third kappa shape index (κ3) is 8.08. The van der Waals surface area contributed by atoms with Gasteiger partial charge in [0, 0.05) is 12.6 Å². The number of rotatable bonds is 0. The molecule has 0 radical (unpaired) electrons. The molecule has 0 aromatic heterocycles. The molecule has 122 valence electrons. The van der Waals surface area contributed by atoms with Crippen molar-refractivity contribution in [3.8, 4) is 0 Å². The fraction of sp³-hybridized carbons (Fsp3) is 0.750. The van der Waals surface area contributed by atoms with E-state index in [-0.39, 0.29) is 6.54 Å². The van der Waals surface area contributed by atoms with Gasteiger partial charge in [-0.15, -0.1) is 0 Å². The Balaban J connectivity index is 0.000000567. The molecule has 0 saturated carbocycles. The largest absolute Gasteiger partial charge is 0.473 e. The molecule has 4 N–H and O–H groups in total. The molecule has 0 spiro atoms. The Hall–Kier alpha value is -1.90. The lowest BCUT2D eigenvalue weighted by Gasteiger charge is -2.34. The standard InChI is InChI=1S/C10H19FN2O2.C2H2O4/c1-10(2,3)15-9(14)13-5-4-8(12)7(11)6-13;3-1(4)2(5)6/h7-8H,4-6,12H2,1-3H3;(H,3,4)(H,5,6).